The number of ether oxygens (including phenoxy) is 3. The van der Waals surface area contributed by atoms with Crippen LogP contribution in [-0.2, 0) is 19.0 Å². The molecule has 342 valence electrons. The highest BCUT2D eigenvalue weighted by Gasteiger charge is 2.59. The van der Waals surface area contributed by atoms with Crippen LogP contribution in [0.1, 0.15) is 183 Å². The third-order valence-corrected chi connectivity index (χ3v) is 16.5. The van der Waals surface area contributed by atoms with Gasteiger partial charge < -0.3 is 29.5 Å². The molecular weight excluding hydrogens is 749 g/mol. The highest BCUT2D eigenvalue weighted by molar-refractivity contribution is 5.69. The van der Waals surface area contributed by atoms with E-state index in [0.29, 0.717) is 35.5 Å². The zero-order valence-corrected chi connectivity index (χ0v) is 39.1. The largest absolute Gasteiger partial charge is 0.463 e. The fourth-order valence-electron chi connectivity index (χ4n) is 12.6. The highest BCUT2D eigenvalue weighted by atomic mass is 16.7. The van der Waals surface area contributed by atoms with Crippen LogP contribution >= 0.6 is 0 Å². The molecule has 0 bridgehead atoms. The Balaban J connectivity index is 1.03. The second kappa shape index (κ2) is 23.8. The number of rotatable bonds is 23. The maximum absolute atomic E-state index is 12.6. The molecule has 0 spiro atoms. The van der Waals surface area contributed by atoms with Crippen molar-refractivity contribution in [2.24, 2.45) is 52.3 Å². The maximum Gasteiger partial charge on any atom is 0.305 e. The van der Waals surface area contributed by atoms with E-state index < -0.39 is 30.7 Å². The van der Waals surface area contributed by atoms with Crippen LogP contribution in [0.5, 0.6) is 0 Å². The van der Waals surface area contributed by atoms with Crippen LogP contribution in [0.3, 0.4) is 0 Å². The van der Waals surface area contributed by atoms with Crippen molar-refractivity contribution in [1.82, 2.24) is 0 Å². The number of hydrogen-bond donors (Lipinski definition) is 3. The van der Waals surface area contributed by atoms with E-state index in [9.17, 15) is 20.1 Å². The molecule has 60 heavy (non-hydrogen) atoms. The molecule has 3 saturated carbocycles. The van der Waals surface area contributed by atoms with Gasteiger partial charge >= 0.3 is 5.97 Å². The molecule has 1 saturated heterocycles. The lowest BCUT2D eigenvalue weighted by Gasteiger charge is -2.58. The molecule has 1 heterocycles. The molecule has 4 fully saturated rings. The van der Waals surface area contributed by atoms with Gasteiger partial charge in [0.2, 0.25) is 0 Å². The van der Waals surface area contributed by atoms with Gasteiger partial charge in [0.1, 0.15) is 31.0 Å². The van der Waals surface area contributed by atoms with Crippen LogP contribution in [-0.4, -0.2) is 64.7 Å². The third-order valence-electron chi connectivity index (χ3n) is 16.5. The van der Waals surface area contributed by atoms with Gasteiger partial charge in [0.15, 0.2) is 6.29 Å². The van der Waals surface area contributed by atoms with E-state index in [1.54, 1.807) is 0 Å². The summed E-state index contributed by atoms with van der Waals surface area (Å²) in [6.07, 6.45) is 33.2. The Kier molecular flexibility index (Phi) is 19.5. The number of allylic oxidation sites excluding steroid dienone is 7. The van der Waals surface area contributed by atoms with E-state index in [4.69, 9.17) is 14.2 Å². The summed E-state index contributed by atoms with van der Waals surface area (Å²) >= 11 is 0. The number of carbonyl (C=O) groups excluding carboxylic acids is 1. The number of aliphatic hydroxyl groups excluding tert-OH is 3. The minimum atomic E-state index is -1.45. The molecule has 5 aliphatic rings. The van der Waals surface area contributed by atoms with Crippen molar-refractivity contribution in [1.29, 1.82) is 0 Å². The van der Waals surface area contributed by atoms with Gasteiger partial charge in [0.05, 0.1) is 6.10 Å². The van der Waals surface area contributed by atoms with E-state index in [1.165, 1.54) is 63.4 Å². The standard InChI is InChI=1S/C53H88O7/c1-8-10-11-12-13-14-15-16-17-18-19-20-21-22-23-24-47(54)58-36-46-48(55)49(56)50(57)51(60-46)59-41-31-33-52(6)40(35-41)27-28-42-44-30-29-43(53(44,7)34-32-45(42)52)38(5)25-26-39(9-2)37(3)4/h13-14,16-17,25-27,37-39,41-46,48-51,55-57H,8-12,15,18-24,28-36H2,1-7H3/b14-13-,17-16-,26-25+/t38-,39-,41+,42+,43-,44+,45+,46?,48-,49?,50?,51-,52+,53-/m1/s1. The van der Waals surface area contributed by atoms with Crippen molar-refractivity contribution in [3.05, 3.63) is 48.1 Å². The Hall–Kier alpha value is -1.77. The van der Waals surface area contributed by atoms with Crippen molar-refractivity contribution in [2.45, 2.75) is 220 Å². The number of fused-ring (bicyclic) bond motifs is 5. The van der Waals surface area contributed by atoms with Crippen molar-refractivity contribution >= 4 is 5.97 Å². The first-order valence-electron chi connectivity index (χ1n) is 25.0. The first kappa shape index (κ1) is 49.2. The zero-order chi connectivity index (χ0) is 43.3. The average Bonchev–Trinajstić information content (AvgIpc) is 3.59. The second-order valence-corrected chi connectivity index (χ2v) is 20.7. The summed E-state index contributed by atoms with van der Waals surface area (Å²) in [6.45, 7) is 16.7. The molecule has 0 radical (unpaired) electrons. The summed E-state index contributed by atoms with van der Waals surface area (Å²) in [7, 11) is 0. The molecule has 0 amide bonds. The molecule has 14 atom stereocenters. The predicted molar refractivity (Wildman–Crippen MR) is 244 cm³/mol. The molecule has 0 aromatic heterocycles. The quantitative estimate of drug-likeness (QED) is 0.0535. The molecule has 4 aliphatic carbocycles. The van der Waals surface area contributed by atoms with Crippen LogP contribution in [0, 0.1) is 52.3 Å². The molecule has 0 aromatic rings. The molecule has 5 rings (SSSR count). The Morgan fingerprint density at radius 1 is 0.833 bits per heavy atom. The molecule has 7 heteroatoms. The van der Waals surface area contributed by atoms with Crippen molar-refractivity contribution in [3.63, 3.8) is 0 Å². The number of unbranched alkanes of at least 4 members (excludes halogenated alkanes) is 8. The van der Waals surface area contributed by atoms with Gasteiger partial charge in [0, 0.05) is 6.42 Å². The van der Waals surface area contributed by atoms with Gasteiger partial charge in [-0.2, -0.15) is 0 Å². The van der Waals surface area contributed by atoms with E-state index in [2.05, 4.69) is 91.0 Å². The second-order valence-electron chi connectivity index (χ2n) is 20.7. The SMILES string of the molecule is CCCCC/C=C\C/C=C\CCCCCCCC(=O)OCC1O[C@@H](O[C@H]2CC[C@@]3(C)C(=CC[C@H]4[C@@H]5CC[C@H]([C@H](C)/C=C/[C@@H](CC)C(C)C)[C@@]5(C)CC[C@@H]43)C2)C(O)C(O)[C@@H]1O. The lowest BCUT2D eigenvalue weighted by atomic mass is 9.47. The minimum absolute atomic E-state index is 0.153. The van der Waals surface area contributed by atoms with E-state index in [-0.39, 0.29) is 24.1 Å². The molecule has 3 unspecified atom stereocenters. The first-order chi connectivity index (χ1) is 28.8. The maximum atomic E-state index is 12.6. The smallest absolute Gasteiger partial charge is 0.305 e. The molecular formula is C53H88O7. The third kappa shape index (κ3) is 12.5. The van der Waals surface area contributed by atoms with E-state index in [1.807, 2.05) is 0 Å². The van der Waals surface area contributed by atoms with Crippen LogP contribution in [0.15, 0.2) is 48.1 Å². The Morgan fingerprint density at radius 2 is 1.55 bits per heavy atom. The fraction of sp³-hybridized carbons (Fsp3) is 0.830. The van der Waals surface area contributed by atoms with Gasteiger partial charge in [-0.25, -0.2) is 0 Å². The summed E-state index contributed by atoms with van der Waals surface area (Å²) < 4.78 is 18.0. The Labute approximate surface area is 366 Å². The van der Waals surface area contributed by atoms with Crippen molar-refractivity contribution < 1.29 is 34.3 Å². The average molecular weight is 837 g/mol. The van der Waals surface area contributed by atoms with E-state index >= 15 is 0 Å². The summed E-state index contributed by atoms with van der Waals surface area (Å²) in [4.78, 5) is 12.6. The topological polar surface area (TPSA) is 105 Å². The van der Waals surface area contributed by atoms with Gasteiger partial charge in [-0.05, 0) is 149 Å². The number of aliphatic hydroxyl groups is 3. The minimum Gasteiger partial charge on any atom is -0.463 e. The monoisotopic (exact) mass is 837 g/mol. The van der Waals surface area contributed by atoms with Gasteiger partial charge in [-0.3, -0.25) is 4.79 Å². The fourth-order valence-corrected chi connectivity index (χ4v) is 12.6. The van der Waals surface area contributed by atoms with Crippen molar-refractivity contribution in [3.8, 4) is 0 Å². The summed E-state index contributed by atoms with van der Waals surface area (Å²) in [6, 6.07) is 0. The zero-order valence-electron chi connectivity index (χ0n) is 39.1. The highest BCUT2D eigenvalue weighted by Crippen LogP contribution is 2.67. The molecule has 3 N–H and O–H groups in total. The first-order valence-corrected chi connectivity index (χ1v) is 25.0. The van der Waals surface area contributed by atoms with E-state index in [0.717, 1.165) is 88.4 Å². The predicted octanol–water partition coefficient (Wildman–Crippen LogP) is 12.0. The Bertz CT molecular complexity index is 1420. The van der Waals surface area contributed by atoms with Gasteiger partial charge in [0.25, 0.3) is 0 Å². The van der Waals surface area contributed by atoms with Gasteiger partial charge in [-0.1, -0.05) is 129 Å². The molecule has 0 aromatic carbocycles. The molecule has 1 aliphatic heterocycles. The van der Waals surface area contributed by atoms with Crippen LogP contribution in [0.25, 0.3) is 0 Å². The molecule has 7 nitrogen and oxygen atoms in total. The number of carbonyl (C=O) groups is 1. The van der Waals surface area contributed by atoms with Crippen molar-refractivity contribution in [2.75, 3.05) is 6.61 Å². The number of hydrogen-bond acceptors (Lipinski definition) is 7. The lowest BCUT2D eigenvalue weighted by Crippen LogP contribution is -2.60. The van der Waals surface area contributed by atoms with Crippen LogP contribution in [0.4, 0.5) is 0 Å². The number of esters is 1. The van der Waals surface area contributed by atoms with Gasteiger partial charge in [-0.15, -0.1) is 0 Å². The van der Waals surface area contributed by atoms with Crippen LogP contribution < -0.4 is 0 Å². The Morgan fingerprint density at radius 3 is 2.27 bits per heavy atom. The summed E-state index contributed by atoms with van der Waals surface area (Å²) in [5.74, 6) is 4.58. The van der Waals surface area contributed by atoms with Crippen LogP contribution in [0.2, 0.25) is 0 Å². The summed E-state index contributed by atoms with van der Waals surface area (Å²) in [5.41, 5.74) is 2.04. The normalized spacial score (nSPS) is 36.7. The summed E-state index contributed by atoms with van der Waals surface area (Å²) in [5, 5.41) is 32.5. The lowest BCUT2D eigenvalue weighted by molar-refractivity contribution is -0.313.